The van der Waals surface area contributed by atoms with Crippen LogP contribution in [0.25, 0.3) is 17.1 Å². The number of unbranched alkanes of at least 4 members (excludes halogenated alkanes) is 1. The summed E-state index contributed by atoms with van der Waals surface area (Å²) in [5.41, 5.74) is 4.45. The highest BCUT2D eigenvalue weighted by Gasteiger charge is 2.29. The van der Waals surface area contributed by atoms with Gasteiger partial charge in [0.05, 0.1) is 0 Å². The molecule has 202 valence electrons. The summed E-state index contributed by atoms with van der Waals surface area (Å²) in [6.45, 7) is 10.2. The topological polar surface area (TPSA) is 71.3 Å². The van der Waals surface area contributed by atoms with Gasteiger partial charge in [-0.25, -0.2) is 0 Å². The average Bonchev–Trinajstić information content (AvgIpc) is 3.34. The van der Waals surface area contributed by atoms with Crippen LogP contribution < -0.4 is 0 Å². The minimum atomic E-state index is 0.0692. The fraction of sp³-hybridized carbons (Fsp3) is 0.467. The molecular formula is C30H39N5O2S. The molecule has 1 unspecified atom stereocenters. The molecule has 1 atom stereocenters. The lowest BCUT2D eigenvalue weighted by molar-refractivity contribution is -0.142. The molecule has 1 aliphatic heterocycles. The Balaban J connectivity index is 1.35. The van der Waals surface area contributed by atoms with Crippen molar-refractivity contribution in [2.75, 3.05) is 25.4 Å². The predicted octanol–water partition coefficient (Wildman–Crippen LogP) is 5.67. The van der Waals surface area contributed by atoms with E-state index in [1.54, 1.807) is 11.8 Å². The summed E-state index contributed by atoms with van der Waals surface area (Å²) < 4.78 is 2.10. The molecule has 0 N–H and O–H groups in total. The van der Waals surface area contributed by atoms with Crippen molar-refractivity contribution in [3.8, 4) is 17.1 Å². The molecule has 1 aromatic heterocycles. The number of carbonyl (C=O) groups is 2. The van der Waals surface area contributed by atoms with Crippen LogP contribution in [0.15, 0.2) is 53.7 Å². The molecule has 38 heavy (non-hydrogen) atoms. The van der Waals surface area contributed by atoms with Gasteiger partial charge in [0.1, 0.15) is 0 Å². The molecule has 0 saturated carbocycles. The lowest BCUT2D eigenvalue weighted by atomic mass is 10.1. The molecule has 1 saturated heterocycles. The van der Waals surface area contributed by atoms with Crippen LogP contribution >= 0.6 is 11.8 Å². The third-order valence-corrected chi connectivity index (χ3v) is 8.06. The number of carbonyl (C=O) groups excluding carboxylic acids is 2. The lowest BCUT2D eigenvalue weighted by Gasteiger charge is -2.40. The van der Waals surface area contributed by atoms with Crippen molar-refractivity contribution < 1.29 is 9.59 Å². The number of nitrogens with zero attached hydrogens (tertiary/aromatic N) is 5. The van der Waals surface area contributed by atoms with Crippen LogP contribution in [-0.2, 0) is 9.59 Å². The van der Waals surface area contributed by atoms with Crippen LogP contribution in [0.5, 0.6) is 0 Å². The first-order valence-corrected chi connectivity index (χ1v) is 14.7. The van der Waals surface area contributed by atoms with Gasteiger partial charge in [0.25, 0.3) is 0 Å². The Morgan fingerprint density at radius 3 is 2.21 bits per heavy atom. The number of rotatable bonds is 10. The first-order valence-electron chi connectivity index (χ1n) is 13.7. The summed E-state index contributed by atoms with van der Waals surface area (Å²) in [5, 5.41) is 9.88. The second kappa shape index (κ2) is 13.1. The SMILES string of the molecule is CCCCC(=O)N1CCN(C(=O)CCCSc2nnc(-c3ccc(C)cc3)n2-c2ccc(C)cc2)CC1C. The molecular weight excluding hydrogens is 494 g/mol. The molecule has 2 heterocycles. The first kappa shape index (κ1) is 27.9. The van der Waals surface area contributed by atoms with E-state index in [1.165, 1.54) is 11.1 Å². The van der Waals surface area contributed by atoms with Gasteiger partial charge in [0.2, 0.25) is 11.8 Å². The molecule has 0 radical (unpaired) electrons. The Hall–Kier alpha value is -3.13. The number of amides is 2. The van der Waals surface area contributed by atoms with Gasteiger partial charge in [-0.2, -0.15) is 0 Å². The van der Waals surface area contributed by atoms with E-state index in [0.717, 1.165) is 47.2 Å². The number of aromatic nitrogens is 3. The quantitative estimate of drug-likeness (QED) is 0.248. The largest absolute Gasteiger partial charge is 0.339 e. The van der Waals surface area contributed by atoms with Gasteiger partial charge >= 0.3 is 0 Å². The standard InChI is InChI=1S/C30H39N5O2S/c1-5-6-8-28(37)34-19-18-33(21-24(34)4)27(36)9-7-20-38-30-32-31-29(25-14-10-22(2)11-15-25)35(30)26-16-12-23(3)13-17-26/h10-17,24H,5-9,18-21H2,1-4H3. The smallest absolute Gasteiger partial charge is 0.222 e. The van der Waals surface area contributed by atoms with Crippen LogP contribution in [0.2, 0.25) is 0 Å². The van der Waals surface area contributed by atoms with E-state index in [9.17, 15) is 9.59 Å². The number of benzene rings is 2. The Morgan fingerprint density at radius 1 is 0.895 bits per heavy atom. The third kappa shape index (κ3) is 6.84. The van der Waals surface area contributed by atoms with Crippen molar-refractivity contribution in [1.29, 1.82) is 0 Å². The molecule has 8 heteroatoms. The van der Waals surface area contributed by atoms with Crippen LogP contribution in [0.1, 0.15) is 57.1 Å². The number of hydrogen-bond donors (Lipinski definition) is 0. The third-order valence-electron chi connectivity index (χ3n) is 7.05. The first-order chi connectivity index (χ1) is 18.4. The van der Waals surface area contributed by atoms with Crippen molar-refractivity contribution in [2.24, 2.45) is 0 Å². The zero-order valence-electron chi connectivity index (χ0n) is 23.0. The van der Waals surface area contributed by atoms with Crippen molar-refractivity contribution in [1.82, 2.24) is 24.6 Å². The van der Waals surface area contributed by atoms with Crippen molar-refractivity contribution in [3.63, 3.8) is 0 Å². The molecule has 7 nitrogen and oxygen atoms in total. The predicted molar refractivity (Wildman–Crippen MR) is 154 cm³/mol. The summed E-state index contributed by atoms with van der Waals surface area (Å²) in [6, 6.07) is 16.8. The normalized spacial score (nSPS) is 15.6. The molecule has 0 aliphatic carbocycles. The summed E-state index contributed by atoms with van der Waals surface area (Å²) in [5.74, 6) is 1.96. The second-order valence-corrected chi connectivity index (χ2v) is 11.2. The Labute approximate surface area is 230 Å². The highest BCUT2D eigenvalue weighted by Crippen LogP contribution is 2.29. The Kier molecular flexibility index (Phi) is 9.61. The van der Waals surface area contributed by atoms with E-state index in [-0.39, 0.29) is 17.9 Å². The molecule has 0 bridgehead atoms. The monoisotopic (exact) mass is 533 g/mol. The number of hydrogen-bond acceptors (Lipinski definition) is 5. The van der Waals surface area contributed by atoms with Crippen molar-refractivity contribution >= 4 is 23.6 Å². The van der Waals surface area contributed by atoms with E-state index >= 15 is 0 Å². The van der Waals surface area contributed by atoms with Crippen LogP contribution in [-0.4, -0.2) is 67.8 Å². The van der Waals surface area contributed by atoms with Crippen molar-refractivity contribution in [3.05, 3.63) is 59.7 Å². The minimum absolute atomic E-state index is 0.0692. The fourth-order valence-corrected chi connectivity index (χ4v) is 5.64. The van der Waals surface area contributed by atoms with E-state index in [4.69, 9.17) is 0 Å². The molecule has 4 rings (SSSR count). The fourth-order valence-electron chi connectivity index (χ4n) is 4.75. The summed E-state index contributed by atoms with van der Waals surface area (Å²) >= 11 is 1.63. The summed E-state index contributed by atoms with van der Waals surface area (Å²) in [4.78, 5) is 29.2. The van der Waals surface area contributed by atoms with Gasteiger partial charge in [0.15, 0.2) is 11.0 Å². The molecule has 1 fully saturated rings. The van der Waals surface area contributed by atoms with Gasteiger partial charge in [0, 0.05) is 55.5 Å². The molecule has 0 spiro atoms. The highest BCUT2D eigenvalue weighted by atomic mass is 32.2. The maximum absolute atomic E-state index is 12.9. The van der Waals surface area contributed by atoms with E-state index < -0.39 is 0 Å². The van der Waals surface area contributed by atoms with Crippen LogP contribution in [0.3, 0.4) is 0 Å². The Morgan fingerprint density at radius 2 is 1.55 bits per heavy atom. The van der Waals surface area contributed by atoms with Gasteiger partial charge in [-0.1, -0.05) is 72.6 Å². The maximum atomic E-state index is 12.9. The van der Waals surface area contributed by atoms with Gasteiger partial charge in [-0.05, 0) is 45.7 Å². The zero-order chi connectivity index (χ0) is 27.1. The molecule has 1 aliphatic rings. The molecule has 3 aromatic rings. The minimum Gasteiger partial charge on any atom is -0.339 e. The molecule has 2 amide bonds. The lowest BCUT2D eigenvalue weighted by Crippen LogP contribution is -2.55. The summed E-state index contributed by atoms with van der Waals surface area (Å²) in [7, 11) is 0. The maximum Gasteiger partial charge on any atom is 0.222 e. The van der Waals surface area contributed by atoms with E-state index in [1.807, 2.05) is 16.7 Å². The number of piperazine rings is 1. The Bertz CT molecular complexity index is 1220. The van der Waals surface area contributed by atoms with Gasteiger partial charge in [-0.3, -0.25) is 14.2 Å². The van der Waals surface area contributed by atoms with Crippen LogP contribution in [0, 0.1) is 13.8 Å². The van der Waals surface area contributed by atoms with E-state index in [0.29, 0.717) is 32.5 Å². The number of thioether (sulfide) groups is 1. The molecule has 2 aromatic carbocycles. The van der Waals surface area contributed by atoms with E-state index in [2.05, 4.69) is 84.1 Å². The number of aryl methyl sites for hydroxylation is 2. The van der Waals surface area contributed by atoms with Crippen molar-refractivity contribution in [2.45, 2.75) is 71.0 Å². The zero-order valence-corrected chi connectivity index (χ0v) is 23.8. The van der Waals surface area contributed by atoms with Crippen LogP contribution in [0.4, 0.5) is 0 Å². The highest BCUT2D eigenvalue weighted by molar-refractivity contribution is 7.99. The second-order valence-electron chi connectivity index (χ2n) is 10.2. The van der Waals surface area contributed by atoms with Gasteiger partial charge < -0.3 is 9.80 Å². The van der Waals surface area contributed by atoms with Gasteiger partial charge in [-0.15, -0.1) is 10.2 Å². The summed E-state index contributed by atoms with van der Waals surface area (Å²) in [6.07, 6.45) is 3.80. The average molecular weight is 534 g/mol.